The van der Waals surface area contributed by atoms with Gasteiger partial charge in [0.25, 0.3) is 0 Å². The van der Waals surface area contributed by atoms with Crippen molar-refractivity contribution in [3.05, 3.63) is 35.7 Å². The van der Waals surface area contributed by atoms with E-state index in [4.69, 9.17) is 11.6 Å². The summed E-state index contributed by atoms with van der Waals surface area (Å²) in [5.74, 6) is 5.28. The number of imidazole rings is 1. The van der Waals surface area contributed by atoms with E-state index in [2.05, 4.69) is 4.98 Å². The minimum Gasteiger partial charge on any atom is -0.382 e. The number of rotatable bonds is 3. The Hall–Kier alpha value is -2.11. The summed E-state index contributed by atoms with van der Waals surface area (Å²) in [5, 5.41) is 0. The van der Waals surface area contributed by atoms with E-state index in [0.29, 0.717) is 12.2 Å². The third-order valence-corrected chi connectivity index (χ3v) is 2.68. The molecule has 0 aliphatic rings. The largest absolute Gasteiger partial charge is 0.382 e. The zero-order valence-electron chi connectivity index (χ0n) is 9.95. The molecule has 0 amide bonds. The van der Waals surface area contributed by atoms with Gasteiger partial charge in [-0.3, -0.25) is 0 Å². The summed E-state index contributed by atoms with van der Waals surface area (Å²) in [4.78, 5) is 4.18. The minimum atomic E-state index is -0.579. The SMILES string of the molecule is CCCc1nc(-c2cc(F)ccc2F)c(N)n1N. The Labute approximate surface area is 103 Å². The molecule has 0 bridgehead atoms. The van der Waals surface area contributed by atoms with E-state index in [0.717, 1.165) is 24.6 Å². The zero-order chi connectivity index (χ0) is 13.3. The summed E-state index contributed by atoms with van der Waals surface area (Å²) in [7, 11) is 0. The second-order valence-corrected chi connectivity index (χ2v) is 4.01. The van der Waals surface area contributed by atoms with Gasteiger partial charge in [-0.1, -0.05) is 6.92 Å². The average molecular weight is 252 g/mol. The van der Waals surface area contributed by atoms with Crippen molar-refractivity contribution >= 4 is 5.82 Å². The van der Waals surface area contributed by atoms with Crippen molar-refractivity contribution in [2.75, 3.05) is 11.6 Å². The number of nitrogens with two attached hydrogens (primary N) is 2. The molecule has 0 aliphatic heterocycles. The van der Waals surface area contributed by atoms with Crippen molar-refractivity contribution < 1.29 is 8.78 Å². The van der Waals surface area contributed by atoms with Crippen molar-refractivity contribution in [3.8, 4) is 11.3 Å². The number of hydrogen-bond acceptors (Lipinski definition) is 3. The van der Waals surface area contributed by atoms with E-state index in [9.17, 15) is 8.78 Å². The number of aromatic nitrogens is 2. The van der Waals surface area contributed by atoms with Crippen LogP contribution in [0.1, 0.15) is 19.2 Å². The lowest BCUT2D eigenvalue weighted by atomic mass is 10.1. The van der Waals surface area contributed by atoms with E-state index < -0.39 is 11.6 Å². The number of aryl methyl sites for hydroxylation is 1. The number of benzene rings is 1. The molecular formula is C12H14F2N4. The molecule has 18 heavy (non-hydrogen) atoms. The second kappa shape index (κ2) is 4.64. The molecule has 1 aromatic heterocycles. The Morgan fingerprint density at radius 3 is 2.72 bits per heavy atom. The molecule has 0 fully saturated rings. The van der Waals surface area contributed by atoms with E-state index in [1.165, 1.54) is 4.68 Å². The molecule has 0 unspecified atom stereocenters. The van der Waals surface area contributed by atoms with Crippen LogP contribution in [-0.2, 0) is 6.42 Å². The summed E-state index contributed by atoms with van der Waals surface area (Å²) in [5.41, 5.74) is 5.97. The van der Waals surface area contributed by atoms with Crippen LogP contribution in [0.2, 0.25) is 0 Å². The highest BCUT2D eigenvalue weighted by Crippen LogP contribution is 2.28. The van der Waals surface area contributed by atoms with Gasteiger partial charge in [-0.05, 0) is 24.6 Å². The first-order valence-electron chi connectivity index (χ1n) is 5.62. The summed E-state index contributed by atoms with van der Waals surface area (Å²) < 4.78 is 28.0. The molecule has 0 radical (unpaired) electrons. The molecule has 2 rings (SSSR count). The smallest absolute Gasteiger partial charge is 0.150 e. The molecule has 4 N–H and O–H groups in total. The summed E-state index contributed by atoms with van der Waals surface area (Å²) in [6.07, 6.45) is 1.45. The summed E-state index contributed by atoms with van der Waals surface area (Å²) >= 11 is 0. The predicted molar refractivity (Wildman–Crippen MR) is 66.1 cm³/mol. The maximum Gasteiger partial charge on any atom is 0.150 e. The standard InChI is InChI=1S/C12H14F2N4/c1-2-3-10-17-11(12(15)18(10)16)8-6-7(13)4-5-9(8)14/h4-6H,2-3,15-16H2,1H3. The fourth-order valence-corrected chi connectivity index (χ4v) is 1.77. The highest BCUT2D eigenvalue weighted by atomic mass is 19.1. The molecule has 0 saturated carbocycles. The Balaban J connectivity index is 2.57. The molecule has 0 spiro atoms. The number of hydrogen-bond donors (Lipinski definition) is 2. The molecular weight excluding hydrogens is 238 g/mol. The molecule has 1 aromatic carbocycles. The third-order valence-electron chi connectivity index (χ3n) is 2.68. The van der Waals surface area contributed by atoms with Crippen molar-refractivity contribution in [2.45, 2.75) is 19.8 Å². The highest BCUT2D eigenvalue weighted by Gasteiger charge is 2.17. The van der Waals surface area contributed by atoms with Crippen molar-refractivity contribution in [3.63, 3.8) is 0 Å². The average Bonchev–Trinajstić information content (AvgIpc) is 2.61. The van der Waals surface area contributed by atoms with Gasteiger partial charge in [0, 0.05) is 12.0 Å². The van der Waals surface area contributed by atoms with Gasteiger partial charge < -0.3 is 11.6 Å². The van der Waals surface area contributed by atoms with Gasteiger partial charge in [0.15, 0.2) is 5.82 Å². The van der Waals surface area contributed by atoms with Crippen LogP contribution in [-0.4, -0.2) is 9.66 Å². The van der Waals surface area contributed by atoms with Crippen LogP contribution in [0.3, 0.4) is 0 Å². The number of anilines is 1. The molecule has 0 saturated heterocycles. The number of nitrogen functional groups attached to an aromatic ring is 2. The lowest BCUT2D eigenvalue weighted by Gasteiger charge is -2.02. The van der Waals surface area contributed by atoms with Gasteiger partial charge in [0.1, 0.15) is 23.2 Å². The molecule has 96 valence electrons. The van der Waals surface area contributed by atoms with Gasteiger partial charge in [0.2, 0.25) is 0 Å². The third kappa shape index (κ3) is 2.01. The first-order chi connectivity index (χ1) is 8.54. The number of nitrogens with zero attached hydrogens (tertiary/aromatic N) is 2. The van der Waals surface area contributed by atoms with E-state index in [1.54, 1.807) is 0 Å². The van der Waals surface area contributed by atoms with Crippen LogP contribution in [0, 0.1) is 11.6 Å². The van der Waals surface area contributed by atoms with Crippen molar-refractivity contribution in [2.24, 2.45) is 0 Å². The first kappa shape index (κ1) is 12.3. The van der Waals surface area contributed by atoms with Gasteiger partial charge in [-0.15, -0.1) is 0 Å². The summed E-state index contributed by atoms with van der Waals surface area (Å²) in [6, 6.07) is 3.14. The molecule has 1 heterocycles. The maximum absolute atomic E-state index is 13.6. The van der Waals surface area contributed by atoms with Crippen LogP contribution < -0.4 is 11.6 Å². The normalized spacial score (nSPS) is 10.8. The van der Waals surface area contributed by atoms with E-state index in [1.807, 2.05) is 6.92 Å². The Kier molecular flexibility index (Phi) is 3.18. The van der Waals surface area contributed by atoms with Crippen LogP contribution >= 0.6 is 0 Å². The van der Waals surface area contributed by atoms with Gasteiger partial charge in [-0.2, -0.15) is 0 Å². The highest BCUT2D eigenvalue weighted by molar-refractivity contribution is 5.71. The predicted octanol–water partition coefficient (Wildman–Crippen LogP) is 2.08. The molecule has 4 nitrogen and oxygen atoms in total. The minimum absolute atomic E-state index is 0.0223. The topological polar surface area (TPSA) is 69.9 Å². The fraction of sp³-hybridized carbons (Fsp3) is 0.250. The molecule has 0 atom stereocenters. The lowest BCUT2D eigenvalue weighted by molar-refractivity contribution is 0.603. The lowest BCUT2D eigenvalue weighted by Crippen LogP contribution is -2.15. The van der Waals surface area contributed by atoms with E-state index in [-0.39, 0.29) is 17.1 Å². The monoisotopic (exact) mass is 252 g/mol. The van der Waals surface area contributed by atoms with Crippen LogP contribution in [0.25, 0.3) is 11.3 Å². The van der Waals surface area contributed by atoms with Crippen molar-refractivity contribution in [1.82, 2.24) is 9.66 Å². The maximum atomic E-state index is 13.6. The van der Waals surface area contributed by atoms with Gasteiger partial charge in [-0.25, -0.2) is 18.4 Å². The zero-order valence-corrected chi connectivity index (χ0v) is 9.95. The molecule has 0 aliphatic carbocycles. The van der Waals surface area contributed by atoms with Crippen LogP contribution in [0.5, 0.6) is 0 Å². The number of halogens is 2. The quantitative estimate of drug-likeness (QED) is 0.821. The van der Waals surface area contributed by atoms with Crippen LogP contribution in [0.15, 0.2) is 18.2 Å². The first-order valence-corrected chi connectivity index (χ1v) is 5.62. The summed E-state index contributed by atoms with van der Waals surface area (Å²) in [6.45, 7) is 1.97. The molecule has 2 aromatic rings. The van der Waals surface area contributed by atoms with Crippen LogP contribution in [0.4, 0.5) is 14.6 Å². The Morgan fingerprint density at radius 2 is 2.06 bits per heavy atom. The molecule has 6 heteroatoms. The van der Waals surface area contributed by atoms with Gasteiger partial charge >= 0.3 is 0 Å². The Bertz CT molecular complexity index is 578. The van der Waals surface area contributed by atoms with Crippen molar-refractivity contribution in [1.29, 1.82) is 0 Å². The Morgan fingerprint density at radius 1 is 1.33 bits per heavy atom. The fourth-order valence-electron chi connectivity index (χ4n) is 1.77. The van der Waals surface area contributed by atoms with Gasteiger partial charge in [0.05, 0.1) is 0 Å². The van der Waals surface area contributed by atoms with E-state index >= 15 is 0 Å². The second-order valence-electron chi connectivity index (χ2n) is 4.01.